The summed E-state index contributed by atoms with van der Waals surface area (Å²) in [5.74, 6) is 0. The van der Waals surface area contributed by atoms with Crippen LogP contribution in [0.15, 0.2) is 0 Å². The Morgan fingerprint density at radius 3 is 2.40 bits per heavy atom. The topological polar surface area (TPSA) is 27.3 Å². The van der Waals surface area contributed by atoms with Gasteiger partial charge in [0, 0.05) is 38.3 Å². The van der Waals surface area contributed by atoms with E-state index >= 15 is 0 Å². The average Bonchev–Trinajstić information content (AvgIpc) is 2.32. The van der Waals surface area contributed by atoms with E-state index in [2.05, 4.69) is 22.6 Å². The lowest BCUT2D eigenvalue weighted by Crippen LogP contribution is -2.60. The van der Waals surface area contributed by atoms with Crippen molar-refractivity contribution in [2.45, 2.75) is 37.6 Å². The van der Waals surface area contributed by atoms with Crippen molar-refractivity contribution in [3.63, 3.8) is 0 Å². The van der Waals surface area contributed by atoms with E-state index in [0.29, 0.717) is 5.54 Å². The molecule has 2 fully saturated rings. The Hall–Kier alpha value is -0.120. The summed E-state index contributed by atoms with van der Waals surface area (Å²) < 4.78 is 0. The Bertz CT molecular complexity index is 176. The van der Waals surface area contributed by atoms with Crippen LogP contribution in [-0.4, -0.2) is 50.2 Å². The summed E-state index contributed by atoms with van der Waals surface area (Å²) in [5.41, 5.74) is 0.481. The second kappa shape index (κ2) is 5.28. The molecule has 3 heteroatoms. The molecule has 0 radical (unpaired) electrons. The lowest BCUT2D eigenvalue weighted by Gasteiger charge is -2.48. The van der Waals surface area contributed by atoms with Crippen LogP contribution in [0.25, 0.3) is 0 Å². The van der Waals surface area contributed by atoms with Gasteiger partial charge in [0.1, 0.15) is 0 Å². The SMILES string of the molecule is CNCC1(N2CCNCC2)CCCCC1. The molecule has 15 heavy (non-hydrogen) atoms. The fourth-order valence-corrected chi connectivity index (χ4v) is 3.28. The van der Waals surface area contributed by atoms with E-state index < -0.39 is 0 Å². The smallest absolute Gasteiger partial charge is 0.0334 e. The third kappa shape index (κ3) is 2.52. The summed E-state index contributed by atoms with van der Waals surface area (Å²) in [6, 6.07) is 0. The molecular weight excluding hydrogens is 186 g/mol. The van der Waals surface area contributed by atoms with Crippen molar-refractivity contribution >= 4 is 0 Å². The fraction of sp³-hybridized carbons (Fsp3) is 1.00. The first-order valence-corrected chi connectivity index (χ1v) is 6.48. The highest BCUT2D eigenvalue weighted by atomic mass is 15.3. The highest BCUT2D eigenvalue weighted by Crippen LogP contribution is 2.33. The molecule has 3 nitrogen and oxygen atoms in total. The van der Waals surface area contributed by atoms with Gasteiger partial charge in [-0.05, 0) is 19.9 Å². The van der Waals surface area contributed by atoms with Crippen LogP contribution in [0.4, 0.5) is 0 Å². The molecule has 0 spiro atoms. The molecule has 1 heterocycles. The molecule has 1 aliphatic heterocycles. The first-order chi connectivity index (χ1) is 7.37. The van der Waals surface area contributed by atoms with Gasteiger partial charge >= 0.3 is 0 Å². The van der Waals surface area contributed by atoms with Gasteiger partial charge in [0.05, 0.1) is 0 Å². The molecule has 2 N–H and O–H groups in total. The Balaban J connectivity index is 2.01. The molecule has 0 aromatic carbocycles. The average molecular weight is 211 g/mol. The van der Waals surface area contributed by atoms with Gasteiger partial charge in [0.2, 0.25) is 0 Å². The third-order valence-electron chi connectivity index (χ3n) is 4.08. The van der Waals surface area contributed by atoms with Crippen molar-refractivity contribution in [2.75, 3.05) is 39.8 Å². The maximum absolute atomic E-state index is 3.45. The van der Waals surface area contributed by atoms with Crippen molar-refractivity contribution < 1.29 is 0 Å². The van der Waals surface area contributed by atoms with Crippen LogP contribution >= 0.6 is 0 Å². The molecule has 1 aliphatic carbocycles. The minimum absolute atomic E-state index is 0.481. The van der Waals surface area contributed by atoms with Crippen LogP contribution in [0.1, 0.15) is 32.1 Å². The highest BCUT2D eigenvalue weighted by Gasteiger charge is 2.37. The lowest BCUT2D eigenvalue weighted by atomic mass is 9.79. The number of hydrogen-bond donors (Lipinski definition) is 2. The minimum atomic E-state index is 0.481. The predicted molar refractivity (Wildman–Crippen MR) is 64.2 cm³/mol. The van der Waals surface area contributed by atoms with Crippen LogP contribution < -0.4 is 10.6 Å². The Morgan fingerprint density at radius 2 is 1.80 bits per heavy atom. The first-order valence-electron chi connectivity index (χ1n) is 6.48. The molecule has 0 aromatic rings. The zero-order valence-electron chi connectivity index (χ0n) is 10.0. The van der Waals surface area contributed by atoms with Crippen molar-refractivity contribution in [2.24, 2.45) is 0 Å². The molecule has 2 rings (SSSR count). The zero-order valence-corrected chi connectivity index (χ0v) is 10.0. The Labute approximate surface area is 93.6 Å². The van der Waals surface area contributed by atoms with E-state index in [1.165, 1.54) is 64.8 Å². The van der Waals surface area contributed by atoms with Crippen molar-refractivity contribution in [3.8, 4) is 0 Å². The summed E-state index contributed by atoms with van der Waals surface area (Å²) in [6.07, 6.45) is 7.08. The largest absolute Gasteiger partial charge is 0.318 e. The predicted octanol–water partition coefficient (Wildman–Crippen LogP) is 0.814. The van der Waals surface area contributed by atoms with E-state index in [1.807, 2.05) is 0 Å². The van der Waals surface area contributed by atoms with Gasteiger partial charge in [0.25, 0.3) is 0 Å². The molecule has 0 bridgehead atoms. The Kier molecular flexibility index (Phi) is 4.00. The summed E-state index contributed by atoms with van der Waals surface area (Å²) >= 11 is 0. The molecule has 0 atom stereocenters. The van der Waals surface area contributed by atoms with Gasteiger partial charge in [-0.15, -0.1) is 0 Å². The second-order valence-corrected chi connectivity index (χ2v) is 5.05. The van der Waals surface area contributed by atoms with E-state index in [-0.39, 0.29) is 0 Å². The maximum atomic E-state index is 3.45. The van der Waals surface area contributed by atoms with Crippen molar-refractivity contribution in [1.29, 1.82) is 0 Å². The van der Waals surface area contributed by atoms with E-state index in [9.17, 15) is 0 Å². The second-order valence-electron chi connectivity index (χ2n) is 5.05. The number of rotatable bonds is 3. The van der Waals surface area contributed by atoms with Crippen LogP contribution in [0.2, 0.25) is 0 Å². The van der Waals surface area contributed by atoms with Gasteiger partial charge in [-0.1, -0.05) is 19.3 Å². The molecule has 88 valence electrons. The van der Waals surface area contributed by atoms with Crippen LogP contribution in [0, 0.1) is 0 Å². The van der Waals surface area contributed by atoms with Crippen LogP contribution in [0.3, 0.4) is 0 Å². The zero-order chi connectivity index (χ0) is 10.6. The normalized spacial score (nSPS) is 27.8. The van der Waals surface area contributed by atoms with E-state index in [1.54, 1.807) is 0 Å². The first kappa shape index (κ1) is 11.4. The summed E-state index contributed by atoms with van der Waals surface area (Å²) in [6.45, 7) is 5.99. The quantitative estimate of drug-likeness (QED) is 0.723. The minimum Gasteiger partial charge on any atom is -0.318 e. The molecule has 2 aliphatic rings. The summed E-state index contributed by atoms with van der Waals surface area (Å²) in [4.78, 5) is 2.74. The molecule has 0 unspecified atom stereocenters. The van der Waals surface area contributed by atoms with Gasteiger partial charge in [-0.25, -0.2) is 0 Å². The molecule has 0 aromatic heterocycles. The van der Waals surface area contributed by atoms with Gasteiger partial charge in [0.15, 0.2) is 0 Å². The van der Waals surface area contributed by atoms with Gasteiger partial charge < -0.3 is 10.6 Å². The molecule has 1 saturated carbocycles. The standard InChI is InChI=1S/C12H25N3/c1-13-11-12(5-3-2-4-6-12)15-9-7-14-8-10-15/h13-14H,2-11H2,1H3. The third-order valence-corrected chi connectivity index (χ3v) is 4.08. The molecule has 0 amide bonds. The van der Waals surface area contributed by atoms with Crippen molar-refractivity contribution in [3.05, 3.63) is 0 Å². The fourth-order valence-electron chi connectivity index (χ4n) is 3.28. The number of piperazine rings is 1. The Morgan fingerprint density at radius 1 is 1.13 bits per heavy atom. The van der Waals surface area contributed by atoms with Crippen LogP contribution in [-0.2, 0) is 0 Å². The van der Waals surface area contributed by atoms with Gasteiger partial charge in [-0.3, -0.25) is 4.90 Å². The number of likely N-dealkylation sites (N-methyl/N-ethyl adjacent to an activating group) is 1. The molecule has 1 saturated heterocycles. The summed E-state index contributed by atoms with van der Waals surface area (Å²) in [5, 5.41) is 6.86. The van der Waals surface area contributed by atoms with E-state index in [4.69, 9.17) is 0 Å². The monoisotopic (exact) mass is 211 g/mol. The molecular formula is C12H25N3. The number of nitrogens with one attached hydrogen (secondary N) is 2. The number of nitrogens with zero attached hydrogens (tertiary/aromatic N) is 1. The van der Waals surface area contributed by atoms with E-state index in [0.717, 1.165) is 0 Å². The van der Waals surface area contributed by atoms with Crippen molar-refractivity contribution in [1.82, 2.24) is 15.5 Å². The highest BCUT2D eigenvalue weighted by molar-refractivity contribution is 4.96. The van der Waals surface area contributed by atoms with Gasteiger partial charge in [-0.2, -0.15) is 0 Å². The summed E-state index contributed by atoms with van der Waals surface area (Å²) in [7, 11) is 2.10. The van der Waals surface area contributed by atoms with Crippen LogP contribution in [0.5, 0.6) is 0 Å². The maximum Gasteiger partial charge on any atom is 0.0334 e. The number of hydrogen-bond acceptors (Lipinski definition) is 3. The lowest BCUT2D eigenvalue weighted by molar-refractivity contribution is 0.0407.